The van der Waals surface area contributed by atoms with Crippen LogP contribution in [0.4, 0.5) is 4.39 Å². The summed E-state index contributed by atoms with van der Waals surface area (Å²) in [6.45, 7) is -1.02. The number of nitrogens with two attached hydrogens (primary N) is 1. The number of benzene rings is 1. The zero-order valence-corrected chi connectivity index (χ0v) is 9.06. The monoisotopic (exact) mass is 225 g/mol. The summed E-state index contributed by atoms with van der Waals surface area (Å²) in [4.78, 5) is 15.5. The van der Waals surface area contributed by atoms with Crippen LogP contribution < -0.4 is 5.90 Å². The van der Waals surface area contributed by atoms with Gasteiger partial charge in [-0.25, -0.2) is 10.3 Å². The van der Waals surface area contributed by atoms with Gasteiger partial charge in [0.1, 0.15) is 6.10 Å². The van der Waals surface area contributed by atoms with Crippen molar-refractivity contribution in [3.63, 3.8) is 0 Å². The lowest BCUT2D eigenvalue weighted by Crippen LogP contribution is -2.28. The number of Topliss-reactive ketones (excluding diaryl/α,β-unsaturated/α-hetero) is 1. The molecule has 0 aliphatic rings. The van der Waals surface area contributed by atoms with Crippen LogP contribution in [0.3, 0.4) is 0 Å². The normalized spacial score (nSPS) is 12.4. The average molecular weight is 225 g/mol. The minimum absolute atomic E-state index is 0.453. The number of hydrogen-bond acceptors (Lipinski definition) is 3. The summed E-state index contributed by atoms with van der Waals surface area (Å²) < 4.78 is 12.1. The van der Waals surface area contributed by atoms with E-state index in [1.807, 2.05) is 30.3 Å². The molecule has 88 valence electrons. The molecule has 4 heteroatoms. The Morgan fingerprint density at radius 1 is 1.38 bits per heavy atom. The lowest BCUT2D eigenvalue weighted by molar-refractivity contribution is -0.132. The van der Waals surface area contributed by atoms with Crippen LogP contribution in [-0.2, 0) is 16.1 Å². The van der Waals surface area contributed by atoms with Crippen LogP contribution in [0.15, 0.2) is 30.3 Å². The van der Waals surface area contributed by atoms with E-state index in [1.54, 1.807) is 0 Å². The number of hydrogen-bond donors (Lipinski definition) is 1. The number of rotatable bonds is 7. The molecular formula is C12H16FNO2. The van der Waals surface area contributed by atoms with Crippen LogP contribution in [0.1, 0.15) is 18.4 Å². The molecule has 16 heavy (non-hydrogen) atoms. The number of halogens is 1. The smallest absolute Gasteiger partial charge is 0.194 e. The van der Waals surface area contributed by atoms with E-state index >= 15 is 0 Å². The molecule has 0 fully saturated rings. The number of ketones is 1. The molecular weight excluding hydrogens is 209 g/mol. The van der Waals surface area contributed by atoms with E-state index in [0.29, 0.717) is 6.42 Å². The quantitative estimate of drug-likeness (QED) is 0.720. The minimum Gasteiger partial charge on any atom is -0.294 e. The lowest BCUT2D eigenvalue weighted by atomic mass is 10.0. The van der Waals surface area contributed by atoms with Gasteiger partial charge < -0.3 is 0 Å². The first kappa shape index (κ1) is 12.8. The number of aryl methyl sites for hydroxylation is 1. The molecule has 3 nitrogen and oxygen atoms in total. The van der Waals surface area contributed by atoms with Crippen LogP contribution in [0.5, 0.6) is 0 Å². The van der Waals surface area contributed by atoms with Crippen molar-refractivity contribution in [2.45, 2.75) is 25.4 Å². The number of alkyl halides is 1. The molecule has 0 bridgehead atoms. The van der Waals surface area contributed by atoms with Crippen LogP contribution in [0.2, 0.25) is 0 Å². The molecule has 0 aliphatic heterocycles. The van der Waals surface area contributed by atoms with Gasteiger partial charge in [0.05, 0.1) is 0 Å². The van der Waals surface area contributed by atoms with E-state index in [1.165, 1.54) is 5.56 Å². The van der Waals surface area contributed by atoms with Crippen molar-refractivity contribution in [2.24, 2.45) is 5.90 Å². The standard InChI is InChI=1S/C12H16FNO2/c13-9-11(15)12(16-14)8-4-7-10-5-2-1-3-6-10/h1-3,5-6,12H,4,7-9,14H2. The second-order valence-electron chi connectivity index (χ2n) is 3.60. The highest BCUT2D eigenvalue weighted by Crippen LogP contribution is 2.08. The van der Waals surface area contributed by atoms with Gasteiger partial charge in [0, 0.05) is 0 Å². The molecule has 0 amide bonds. The number of carbonyl (C=O) groups excluding carboxylic acids is 1. The molecule has 0 heterocycles. The first-order chi connectivity index (χ1) is 7.77. The molecule has 0 spiro atoms. The van der Waals surface area contributed by atoms with Crippen molar-refractivity contribution in [1.29, 1.82) is 0 Å². The van der Waals surface area contributed by atoms with Crippen LogP contribution in [0.25, 0.3) is 0 Å². The van der Waals surface area contributed by atoms with Crippen molar-refractivity contribution in [3.8, 4) is 0 Å². The summed E-state index contributed by atoms with van der Waals surface area (Å²) in [5, 5.41) is 0. The molecule has 0 aliphatic carbocycles. The molecule has 1 aromatic rings. The maximum Gasteiger partial charge on any atom is 0.194 e. The van der Waals surface area contributed by atoms with Gasteiger partial charge in [-0.1, -0.05) is 30.3 Å². The average Bonchev–Trinajstić information content (AvgIpc) is 2.35. The summed E-state index contributed by atoms with van der Waals surface area (Å²) in [6, 6.07) is 9.88. The first-order valence-corrected chi connectivity index (χ1v) is 5.26. The Kier molecular flexibility index (Phi) is 5.67. The van der Waals surface area contributed by atoms with Gasteiger partial charge in [0.25, 0.3) is 0 Å². The molecule has 2 N–H and O–H groups in total. The maximum atomic E-state index is 12.1. The summed E-state index contributed by atoms with van der Waals surface area (Å²) in [5.74, 6) is 4.35. The van der Waals surface area contributed by atoms with Gasteiger partial charge in [-0.15, -0.1) is 0 Å². The van der Waals surface area contributed by atoms with Crippen molar-refractivity contribution >= 4 is 5.78 Å². The Bertz CT molecular complexity index is 316. The lowest BCUT2D eigenvalue weighted by Gasteiger charge is -2.10. The molecule has 0 saturated carbocycles. The SMILES string of the molecule is NOC(CCCc1ccccc1)C(=O)CF. The predicted octanol–water partition coefficient (Wildman–Crippen LogP) is 1.81. The van der Waals surface area contributed by atoms with E-state index in [4.69, 9.17) is 5.90 Å². The van der Waals surface area contributed by atoms with Gasteiger partial charge in [0.2, 0.25) is 0 Å². The fourth-order valence-corrected chi connectivity index (χ4v) is 1.53. The first-order valence-electron chi connectivity index (χ1n) is 5.26. The van der Waals surface area contributed by atoms with Gasteiger partial charge in [-0.3, -0.25) is 9.63 Å². The van der Waals surface area contributed by atoms with Crippen molar-refractivity contribution in [3.05, 3.63) is 35.9 Å². The van der Waals surface area contributed by atoms with Crippen molar-refractivity contribution in [2.75, 3.05) is 6.67 Å². The highest BCUT2D eigenvalue weighted by atomic mass is 19.1. The molecule has 0 aromatic heterocycles. The van der Waals surface area contributed by atoms with E-state index in [9.17, 15) is 9.18 Å². The van der Waals surface area contributed by atoms with Gasteiger partial charge >= 0.3 is 0 Å². The minimum atomic E-state index is -1.02. The third-order valence-electron chi connectivity index (χ3n) is 2.43. The largest absolute Gasteiger partial charge is 0.294 e. The third-order valence-corrected chi connectivity index (χ3v) is 2.43. The Balaban J connectivity index is 2.31. The zero-order chi connectivity index (χ0) is 11.8. The summed E-state index contributed by atoms with van der Waals surface area (Å²) in [7, 11) is 0. The second kappa shape index (κ2) is 7.09. The molecule has 0 radical (unpaired) electrons. The molecule has 1 atom stereocenters. The van der Waals surface area contributed by atoms with Gasteiger partial charge in [0.15, 0.2) is 12.5 Å². The molecule has 1 aromatic carbocycles. The molecule has 0 saturated heterocycles. The number of carbonyl (C=O) groups is 1. The highest BCUT2D eigenvalue weighted by molar-refractivity contribution is 5.84. The Labute approximate surface area is 94.4 Å². The third kappa shape index (κ3) is 4.08. The molecule has 1 rings (SSSR count). The fraction of sp³-hybridized carbons (Fsp3) is 0.417. The van der Waals surface area contributed by atoms with Crippen LogP contribution >= 0.6 is 0 Å². The van der Waals surface area contributed by atoms with E-state index < -0.39 is 18.6 Å². The topological polar surface area (TPSA) is 52.3 Å². The van der Waals surface area contributed by atoms with Crippen molar-refractivity contribution < 1.29 is 14.0 Å². The summed E-state index contributed by atoms with van der Waals surface area (Å²) in [5.41, 5.74) is 1.19. The highest BCUT2D eigenvalue weighted by Gasteiger charge is 2.17. The van der Waals surface area contributed by atoms with Gasteiger partial charge in [-0.2, -0.15) is 0 Å². The summed E-state index contributed by atoms with van der Waals surface area (Å²) in [6.07, 6.45) is 1.22. The van der Waals surface area contributed by atoms with E-state index in [-0.39, 0.29) is 0 Å². The predicted molar refractivity (Wildman–Crippen MR) is 59.4 cm³/mol. The van der Waals surface area contributed by atoms with Crippen molar-refractivity contribution in [1.82, 2.24) is 0 Å². The van der Waals surface area contributed by atoms with E-state index in [0.717, 1.165) is 12.8 Å². The fourth-order valence-electron chi connectivity index (χ4n) is 1.53. The zero-order valence-electron chi connectivity index (χ0n) is 9.06. The van der Waals surface area contributed by atoms with Gasteiger partial charge in [-0.05, 0) is 24.8 Å². The second-order valence-corrected chi connectivity index (χ2v) is 3.60. The van der Waals surface area contributed by atoms with Crippen LogP contribution in [-0.4, -0.2) is 18.6 Å². The molecule has 1 unspecified atom stereocenters. The van der Waals surface area contributed by atoms with Crippen LogP contribution in [0, 0.1) is 0 Å². The van der Waals surface area contributed by atoms with E-state index in [2.05, 4.69) is 4.84 Å². The Hall–Kier alpha value is -1.26. The Morgan fingerprint density at radius 2 is 2.06 bits per heavy atom. The Morgan fingerprint density at radius 3 is 2.62 bits per heavy atom. The maximum absolute atomic E-state index is 12.1. The summed E-state index contributed by atoms with van der Waals surface area (Å²) >= 11 is 0.